The smallest absolute Gasteiger partial charge is 0.300 e. The van der Waals surface area contributed by atoms with Crippen LogP contribution < -0.4 is 14.8 Å². The number of aromatic amines is 1. The molecule has 0 spiro atoms. The Morgan fingerprint density at radius 1 is 1.00 bits per heavy atom. The summed E-state index contributed by atoms with van der Waals surface area (Å²) in [6, 6.07) is 18.4. The van der Waals surface area contributed by atoms with Crippen molar-refractivity contribution in [1.82, 2.24) is 9.88 Å². The number of carbonyl (C=O) groups excluding carboxylic acids is 2. The van der Waals surface area contributed by atoms with Gasteiger partial charge in [0.15, 0.2) is 5.69 Å². The van der Waals surface area contributed by atoms with Crippen LogP contribution in [-0.4, -0.2) is 41.9 Å². The molecule has 1 aromatic heterocycles. The molecule has 1 saturated heterocycles. The number of carbonyl (C=O) groups is 2. The molecule has 2 amide bonds. The Morgan fingerprint density at radius 3 is 2.37 bits per heavy atom. The Kier molecular flexibility index (Phi) is 6.63. The monoisotopic (exact) mass is 510 g/mol. The van der Waals surface area contributed by atoms with Crippen molar-refractivity contribution in [2.24, 2.45) is 0 Å². The van der Waals surface area contributed by atoms with E-state index in [1.165, 1.54) is 0 Å². The molecule has 2 N–H and O–H groups in total. The van der Waals surface area contributed by atoms with Gasteiger partial charge in [0.2, 0.25) is 5.69 Å². The summed E-state index contributed by atoms with van der Waals surface area (Å²) in [5.41, 5.74) is 6.06. The molecule has 0 radical (unpaired) electrons. The topological polar surface area (TPSA) is 101 Å². The van der Waals surface area contributed by atoms with Gasteiger partial charge in [0.25, 0.3) is 17.6 Å². The summed E-state index contributed by atoms with van der Waals surface area (Å²) in [7, 11) is 1.62. The molecule has 1 fully saturated rings. The Balaban J connectivity index is 1.47. The summed E-state index contributed by atoms with van der Waals surface area (Å²) in [5.74, 6) is 0.324. The number of aromatic nitrogens is 2. The number of benzene rings is 3. The minimum absolute atomic E-state index is 0.0380. The largest absolute Gasteiger partial charge is 0.710 e. The summed E-state index contributed by atoms with van der Waals surface area (Å²) in [6.07, 6.45) is 1.00. The summed E-state index contributed by atoms with van der Waals surface area (Å²) in [4.78, 5) is 30.6. The van der Waals surface area contributed by atoms with Gasteiger partial charge in [-0.2, -0.15) is 0 Å². The van der Waals surface area contributed by atoms with Gasteiger partial charge in [-0.15, -0.1) is 0 Å². The maximum Gasteiger partial charge on any atom is 0.300 e. The average Bonchev–Trinajstić information content (AvgIpc) is 3.16. The van der Waals surface area contributed by atoms with Crippen molar-refractivity contribution in [3.05, 3.63) is 93.9 Å². The molecule has 0 saturated carbocycles. The lowest BCUT2D eigenvalue weighted by Crippen LogP contribution is -2.42. The summed E-state index contributed by atoms with van der Waals surface area (Å²) in [6.45, 7) is 7.25. The Bertz CT molecular complexity index is 1530. The SMILES string of the molecule is COc1ccc(-c2[nH]c(C)c(C(=O)Nc3cccc(C(=O)N4CCC4)c3)[n+]2[O-])cc1-c1c(C)cccc1C. The highest BCUT2D eigenvalue weighted by Crippen LogP contribution is 2.37. The number of nitrogens with zero attached hydrogens (tertiary/aromatic N) is 2. The quantitative estimate of drug-likeness (QED) is 0.281. The lowest BCUT2D eigenvalue weighted by Gasteiger charge is -2.31. The van der Waals surface area contributed by atoms with E-state index in [9.17, 15) is 14.8 Å². The van der Waals surface area contributed by atoms with Crippen LogP contribution in [-0.2, 0) is 0 Å². The fourth-order valence-corrected chi connectivity index (χ4v) is 4.92. The number of nitrogens with one attached hydrogen (secondary N) is 2. The normalized spacial score (nSPS) is 12.7. The van der Waals surface area contributed by atoms with Crippen LogP contribution >= 0.6 is 0 Å². The van der Waals surface area contributed by atoms with Gasteiger partial charge in [-0.05, 0) is 73.4 Å². The van der Waals surface area contributed by atoms with Crippen LogP contribution in [0.5, 0.6) is 5.75 Å². The van der Waals surface area contributed by atoms with Gasteiger partial charge in [0.1, 0.15) is 5.75 Å². The molecule has 0 bridgehead atoms. The maximum atomic E-state index is 13.4. The highest BCUT2D eigenvalue weighted by molar-refractivity contribution is 6.04. The van der Waals surface area contributed by atoms with E-state index >= 15 is 0 Å². The summed E-state index contributed by atoms with van der Waals surface area (Å²) in [5, 5.41) is 16.2. The number of ether oxygens (including phenoxy) is 1. The van der Waals surface area contributed by atoms with Gasteiger partial charge in [-0.3, -0.25) is 9.59 Å². The number of amides is 2. The standard InChI is InChI=1S/C30H30N4O4/c1-18-8-5-9-19(2)26(18)24-17-21(12-13-25(24)38-4)28-31-20(3)27(34(28)37)29(35)32-23-11-6-10-22(16-23)30(36)33-14-7-15-33/h5-6,8-13,16-17,31H,7,14-15H2,1-4H3,(H,32,35). The molecule has 194 valence electrons. The zero-order chi connectivity index (χ0) is 27.0. The summed E-state index contributed by atoms with van der Waals surface area (Å²) < 4.78 is 6.25. The van der Waals surface area contributed by atoms with E-state index in [0.29, 0.717) is 33.0 Å². The third kappa shape index (κ3) is 4.49. The van der Waals surface area contributed by atoms with E-state index in [1.54, 1.807) is 49.3 Å². The molecule has 3 aromatic carbocycles. The first kappa shape index (κ1) is 25.1. The second-order valence-corrected chi connectivity index (χ2v) is 9.60. The highest BCUT2D eigenvalue weighted by atomic mass is 16.5. The molecule has 8 nitrogen and oxygen atoms in total. The second kappa shape index (κ2) is 10.0. The van der Waals surface area contributed by atoms with Crippen molar-refractivity contribution in [2.45, 2.75) is 27.2 Å². The molecule has 2 heterocycles. The van der Waals surface area contributed by atoms with Crippen molar-refractivity contribution < 1.29 is 19.1 Å². The van der Waals surface area contributed by atoms with Gasteiger partial charge in [0.05, 0.1) is 12.7 Å². The van der Waals surface area contributed by atoms with Gasteiger partial charge in [0, 0.05) is 36.8 Å². The van der Waals surface area contributed by atoms with Crippen LogP contribution in [0.4, 0.5) is 5.69 Å². The lowest BCUT2D eigenvalue weighted by atomic mass is 9.93. The van der Waals surface area contributed by atoms with Gasteiger partial charge in [-0.1, -0.05) is 24.3 Å². The fourth-order valence-electron chi connectivity index (χ4n) is 4.92. The number of aryl methyl sites for hydroxylation is 3. The summed E-state index contributed by atoms with van der Waals surface area (Å²) >= 11 is 0. The van der Waals surface area contributed by atoms with Crippen molar-refractivity contribution in [3.8, 4) is 28.3 Å². The van der Waals surface area contributed by atoms with Crippen molar-refractivity contribution in [3.63, 3.8) is 0 Å². The molecule has 1 aliphatic rings. The molecule has 38 heavy (non-hydrogen) atoms. The fraction of sp³-hybridized carbons (Fsp3) is 0.233. The van der Waals surface area contributed by atoms with E-state index in [0.717, 1.165) is 41.8 Å². The number of rotatable bonds is 6. The Hall–Kier alpha value is -4.59. The van der Waals surface area contributed by atoms with Crippen LogP contribution in [0.3, 0.4) is 0 Å². The van der Waals surface area contributed by atoms with Crippen molar-refractivity contribution >= 4 is 17.5 Å². The van der Waals surface area contributed by atoms with Crippen LogP contribution in [0.2, 0.25) is 0 Å². The predicted molar refractivity (Wildman–Crippen MR) is 146 cm³/mol. The molecule has 0 atom stereocenters. The van der Waals surface area contributed by atoms with Crippen LogP contribution in [0.15, 0.2) is 60.7 Å². The first-order valence-corrected chi connectivity index (χ1v) is 12.6. The number of likely N-dealkylation sites (tertiary alicyclic amines) is 1. The third-order valence-electron chi connectivity index (χ3n) is 7.02. The number of imidazole rings is 1. The van der Waals surface area contributed by atoms with Crippen LogP contribution in [0.1, 0.15) is 44.1 Å². The van der Waals surface area contributed by atoms with E-state index in [-0.39, 0.29) is 17.4 Å². The zero-order valence-electron chi connectivity index (χ0n) is 21.9. The molecular weight excluding hydrogens is 480 g/mol. The number of hydrogen-bond acceptors (Lipinski definition) is 4. The zero-order valence-corrected chi connectivity index (χ0v) is 21.9. The van der Waals surface area contributed by atoms with E-state index < -0.39 is 5.91 Å². The maximum absolute atomic E-state index is 13.4. The first-order chi connectivity index (χ1) is 18.3. The molecule has 1 aliphatic heterocycles. The number of hydrogen-bond donors (Lipinski definition) is 2. The Labute approximate surface area is 221 Å². The molecule has 5 rings (SSSR count). The predicted octanol–water partition coefficient (Wildman–Crippen LogP) is 5.01. The molecule has 4 aromatic rings. The number of methoxy groups -OCH3 is 1. The van der Waals surface area contributed by atoms with Crippen molar-refractivity contribution in [1.29, 1.82) is 0 Å². The van der Waals surface area contributed by atoms with E-state index in [2.05, 4.69) is 10.3 Å². The second-order valence-electron chi connectivity index (χ2n) is 9.60. The minimum atomic E-state index is -0.558. The molecule has 0 unspecified atom stereocenters. The lowest BCUT2D eigenvalue weighted by molar-refractivity contribution is -0.594. The highest BCUT2D eigenvalue weighted by Gasteiger charge is 2.27. The van der Waals surface area contributed by atoms with E-state index in [4.69, 9.17) is 4.74 Å². The van der Waals surface area contributed by atoms with E-state index in [1.807, 2.05) is 44.2 Å². The van der Waals surface area contributed by atoms with Crippen LogP contribution in [0, 0.1) is 26.0 Å². The van der Waals surface area contributed by atoms with Crippen LogP contribution in [0.25, 0.3) is 22.5 Å². The molecular formula is C30H30N4O4. The molecule has 0 aliphatic carbocycles. The first-order valence-electron chi connectivity index (χ1n) is 12.6. The average molecular weight is 511 g/mol. The third-order valence-corrected chi connectivity index (χ3v) is 7.02. The molecule has 8 heteroatoms. The minimum Gasteiger partial charge on any atom is -0.710 e. The van der Waals surface area contributed by atoms with Gasteiger partial charge < -0.3 is 20.2 Å². The number of anilines is 1. The van der Waals surface area contributed by atoms with Gasteiger partial charge in [-0.25, -0.2) is 9.71 Å². The van der Waals surface area contributed by atoms with Gasteiger partial charge >= 0.3 is 0 Å². The van der Waals surface area contributed by atoms with Crippen molar-refractivity contribution in [2.75, 3.05) is 25.5 Å². The Morgan fingerprint density at radius 2 is 1.71 bits per heavy atom. The number of H-pyrrole nitrogens is 1.